The Morgan fingerprint density at radius 1 is 1.45 bits per heavy atom. The molecule has 106 valence electrons. The number of thiazole rings is 1. The molecule has 1 amide bonds. The number of rotatable bonds is 4. The van der Waals surface area contributed by atoms with Gasteiger partial charge < -0.3 is 10.4 Å². The van der Waals surface area contributed by atoms with Crippen molar-refractivity contribution in [3.8, 4) is 5.75 Å². The lowest BCUT2D eigenvalue weighted by atomic mass is 10.1. The fourth-order valence-corrected chi connectivity index (χ4v) is 3.09. The van der Waals surface area contributed by atoms with Crippen molar-refractivity contribution in [1.82, 2.24) is 10.3 Å². The van der Waals surface area contributed by atoms with Gasteiger partial charge in [0.25, 0.3) is 0 Å². The summed E-state index contributed by atoms with van der Waals surface area (Å²) in [6, 6.07) is 6.70. The van der Waals surface area contributed by atoms with Crippen molar-refractivity contribution in [3.63, 3.8) is 0 Å². The molecule has 2 rings (SSSR count). The molecule has 0 radical (unpaired) electrons. The molecule has 0 aliphatic rings. The lowest BCUT2D eigenvalue weighted by Crippen LogP contribution is -2.28. The predicted octanol–water partition coefficient (Wildman–Crippen LogP) is 2.89. The van der Waals surface area contributed by atoms with Gasteiger partial charge in [-0.25, -0.2) is 4.98 Å². The molecule has 2 aromatic rings. The number of aryl methyl sites for hydroxylation is 2. The Morgan fingerprint density at radius 2 is 2.20 bits per heavy atom. The number of carbonyl (C=O) groups excluding carboxylic acids is 1. The van der Waals surface area contributed by atoms with Crippen molar-refractivity contribution in [1.29, 1.82) is 0 Å². The summed E-state index contributed by atoms with van der Waals surface area (Å²) < 4.78 is 0. The van der Waals surface area contributed by atoms with E-state index in [0.29, 0.717) is 0 Å². The molecule has 0 aliphatic heterocycles. The summed E-state index contributed by atoms with van der Waals surface area (Å²) in [6.45, 7) is 5.87. The van der Waals surface area contributed by atoms with Gasteiger partial charge in [0, 0.05) is 4.88 Å². The second-order valence-corrected chi connectivity index (χ2v) is 6.05. The number of hydrogen-bond donors (Lipinski definition) is 2. The first-order valence-corrected chi connectivity index (χ1v) is 7.28. The molecule has 1 unspecified atom stereocenters. The highest BCUT2D eigenvalue weighted by Crippen LogP contribution is 2.24. The monoisotopic (exact) mass is 290 g/mol. The maximum absolute atomic E-state index is 12.0. The van der Waals surface area contributed by atoms with Gasteiger partial charge in [0.1, 0.15) is 5.75 Å². The number of amides is 1. The first kappa shape index (κ1) is 14.5. The van der Waals surface area contributed by atoms with Crippen LogP contribution in [-0.4, -0.2) is 16.0 Å². The standard InChI is InChI=1S/C15H18N2O2S/c1-9-15(20-11(3)16-9)10(2)17-14(19)8-12-5-4-6-13(18)7-12/h4-7,10,18H,8H2,1-3H3,(H,17,19). The normalized spacial score (nSPS) is 12.2. The van der Waals surface area contributed by atoms with Crippen LogP contribution in [0.2, 0.25) is 0 Å². The van der Waals surface area contributed by atoms with Crippen LogP contribution in [0.5, 0.6) is 5.75 Å². The van der Waals surface area contributed by atoms with Crippen LogP contribution in [0.25, 0.3) is 0 Å². The molecule has 0 aliphatic carbocycles. The van der Waals surface area contributed by atoms with Crippen LogP contribution in [0, 0.1) is 13.8 Å². The van der Waals surface area contributed by atoms with E-state index in [4.69, 9.17) is 0 Å². The van der Waals surface area contributed by atoms with Crippen LogP contribution in [0.15, 0.2) is 24.3 Å². The second-order valence-electron chi connectivity index (χ2n) is 4.82. The highest BCUT2D eigenvalue weighted by atomic mass is 32.1. The van der Waals surface area contributed by atoms with E-state index in [1.165, 1.54) is 0 Å². The van der Waals surface area contributed by atoms with E-state index in [1.54, 1.807) is 29.5 Å². The van der Waals surface area contributed by atoms with Gasteiger partial charge in [-0.15, -0.1) is 11.3 Å². The Labute approximate surface area is 122 Å². The van der Waals surface area contributed by atoms with Crippen molar-refractivity contribution in [2.24, 2.45) is 0 Å². The quantitative estimate of drug-likeness (QED) is 0.910. The number of hydrogen-bond acceptors (Lipinski definition) is 4. The van der Waals surface area contributed by atoms with E-state index in [0.717, 1.165) is 21.1 Å². The van der Waals surface area contributed by atoms with Gasteiger partial charge in [-0.3, -0.25) is 4.79 Å². The molecule has 0 spiro atoms. The highest BCUT2D eigenvalue weighted by molar-refractivity contribution is 7.11. The lowest BCUT2D eigenvalue weighted by Gasteiger charge is -2.13. The topological polar surface area (TPSA) is 62.2 Å². The molecule has 1 heterocycles. The summed E-state index contributed by atoms with van der Waals surface area (Å²) in [7, 11) is 0. The molecule has 20 heavy (non-hydrogen) atoms. The fraction of sp³-hybridized carbons (Fsp3) is 0.333. The van der Waals surface area contributed by atoms with Gasteiger partial charge in [0.15, 0.2) is 0 Å². The van der Waals surface area contributed by atoms with E-state index in [-0.39, 0.29) is 24.1 Å². The molecule has 0 saturated carbocycles. The van der Waals surface area contributed by atoms with E-state index in [9.17, 15) is 9.90 Å². The van der Waals surface area contributed by atoms with Crippen molar-refractivity contribution >= 4 is 17.2 Å². The zero-order valence-electron chi connectivity index (χ0n) is 11.8. The minimum absolute atomic E-state index is 0.0500. The molecule has 4 nitrogen and oxygen atoms in total. The Hall–Kier alpha value is -1.88. The molecule has 0 saturated heterocycles. The maximum Gasteiger partial charge on any atom is 0.224 e. The van der Waals surface area contributed by atoms with Gasteiger partial charge in [0.2, 0.25) is 5.91 Å². The number of nitrogens with one attached hydrogen (secondary N) is 1. The Kier molecular flexibility index (Phi) is 4.39. The SMILES string of the molecule is Cc1nc(C)c(C(C)NC(=O)Cc2cccc(O)c2)s1. The number of phenols is 1. The number of phenolic OH excluding ortho intramolecular Hbond substituents is 1. The largest absolute Gasteiger partial charge is 0.508 e. The van der Waals surface area contributed by atoms with E-state index in [1.807, 2.05) is 26.8 Å². The maximum atomic E-state index is 12.0. The summed E-state index contributed by atoms with van der Waals surface area (Å²) in [4.78, 5) is 17.5. The van der Waals surface area contributed by atoms with Crippen molar-refractivity contribution in [3.05, 3.63) is 45.4 Å². The van der Waals surface area contributed by atoms with Crippen LogP contribution in [0.4, 0.5) is 0 Å². The minimum atomic E-state index is -0.0615. The third-order valence-electron chi connectivity index (χ3n) is 2.99. The average molecular weight is 290 g/mol. The van der Waals surface area contributed by atoms with Crippen molar-refractivity contribution < 1.29 is 9.90 Å². The number of aromatic nitrogens is 1. The Bertz CT molecular complexity index is 622. The van der Waals surface area contributed by atoms with E-state index < -0.39 is 0 Å². The molecule has 0 bridgehead atoms. The molecule has 1 aromatic heterocycles. The Balaban J connectivity index is 1.99. The van der Waals surface area contributed by atoms with Crippen LogP contribution in [-0.2, 0) is 11.2 Å². The number of carbonyl (C=O) groups is 1. The Morgan fingerprint density at radius 3 is 2.80 bits per heavy atom. The first-order chi connectivity index (χ1) is 9.45. The summed E-state index contributed by atoms with van der Waals surface area (Å²) in [5.74, 6) is 0.117. The molecular weight excluding hydrogens is 272 g/mol. The van der Waals surface area contributed by atoms with Crippen LogP contribution >= 0.6 is 11.3 Å². The molecule has 0 fully saturated rings. The zero-order valence-corrected chi connectivity index (χ0v) is 12.6. The fourth-order valence-electron chi connectivity index (χ4n) is 2.16. The van der Waals surface area contributed by atoms with Crippen molar-refractivity contribution in [2.75, 3.05) is 0 Å². The van der Waals surface area contributed by atoms with Crippen LogP contribution in [0.1, 0.15) is 34.1 Å². The van der Waals surface area contributed by atoms with Gasteiger partial charge in [0.05, 0.1) is 23.2 Å². The molecule has 1 aromatic carbocycles. The number of benzene rings is 1. The third kappa shape index (κ3) is 3.57. The van der Waals surface area contributed by atoms with Gasteiger partial charge in [-0.1, -0.05) is 12.1 Å². The molecule has 5 heteroatoms. The average Bonchev–Trinajstić information content (AvgIpc) is 2.68. The van der Waals surface area contributed by atoms with Crippen molar-refractivity contribution in [2.45, 2.75) is 33.2 Å². The summed E-state index contributed by atoms with van der Waals surface area (Å²) >= 11 is 1.61. The summed E-state index contributed by atoms with van der Waals surface area (Å²) in [6.07, 6.45) is 0.259. The van der Waals surface area contributed by atoms with Crippen LogP contribution < -0.4 is 5.32 Å². The molecular formula is C15H18N2O2S. The lowest BCUT2D eigenvalue weighted by molar-refractivity contribution is -0.121. The smallest absolute Gasteiger partial charge is 0.224 e. The zero-order chi connectivity index (χ0) is 14.7. The van der Waals surface area contributed by atoms with Crippen LogP contribution in [0.3, 0.4) is 0 Å². The number of nitrogens with zero attached hydrogens (tertiary/aromatic N) is 1. The second kappa shape index (κ2) is 6.05. The summed E-state index contributed by atoms with van der Waals surface area (Å²) in [5.41, 5.74) is 1.77. The van der Waals surface area contributed by atoms with E-state index in [2.05, 4.69) is 10.3 Å². The van der Waals surface area contributed by atoms with Gasteiger partial charge >= 0.3 is 0 Å². The molecule has 2 N–H and O–H groups in total. The minimum Gasteiger partial charge on any atom is -0.508 e. The van der Waals surface area contributed by atoms with Gasteiger partial charge in [-0.2, -0.15) is 0 Å². The van der Waals surface area contributed by atoms with E-state index >= 15 is 0 Å². The highest BCUT2D eigenvalue weighted by Gasteiger charge is 2.15. The predicted molar refractivity (Wildman–Crippen MR) is 80.0 cm³/mol. The molecule has 1 atom stereocenters. The number of aromatic hydroxyl groups is 1. The van der Waals surface area contributed by atoms with Gasteiger partial charge in [-0.05, 0) is 38.5 Å². The summed E-state index contributed by atoms with van der Waals surface area (Å²) in [5, 5.41) is 13.4. The third-order valence-corrected chi connectivity index (χ3v) is 4.24. The first-order valence-electron chi connectivity index (χ1n) is 6.47.